The van der Waals surface area contributed by atoms with Gasteiger partial charge in [0.1, 0.15) is 5.52 Å². The van der Waals surface area contributed by atoms with Crippen LogP contribution in [0.4, 0.5) is 5.69 Å². The average Bonchev–Trinajstić information content (AvgIpc) is 2.81. The van der Waals surface area contributed by atoms with Gasteiger partial charge in [-0.25, -0.2) is 4.98 Å². The van der Waals surface area contributed by atoms with Gasteiger partial charge in [0.25, 0.3) is 0 Å². The van der Waals surface area contributed by atoms with Crippen LogP contribution in [0.3, 0.4) is 0 Å². The van der Waals surface area contributed by atoms with E-state index in [1.165, 1.54) is 5.56 Å². The molecule has 2 aromatic rings. The lowest BCUT2D eigenvalue weighted by Gasteiger charge is -2.41. The fourth-order valence-corrected chi connectivity index (χ4v) is 3.34. The summed E-state index contributed by atoms with van der Waals surface area (Å²) in [5.74, 6) is 1.23. The molecule has 21 heavy (non-hydrogen) atoms. The van der Waals surface area contributed by atoms with Gasteiger partial charge in [-0.05, 0) is 58.7 Å². The topological polar surface area (TPSA) is 55.3 Å². The normalized spacial score (nSPS) is 18.5. The summed E-state index contributed by atoms with van der Waals surface area (Å²) in [5, 5.41) is 0. The molecule has 0 spiro atoms. The van der Waals surface area contributed by atoms with Crippen LogP contribution in [0.5, 0.6) is 0 Å². The molecule has 1 aliphatic rings. The Labute approximate surface area is 126 Å². The number of fused-ring (bicyclic) bond motifs is 1. The first-order valence-electron chi connectivity index (χ1n) is 7.77. The minimum absolute atomic E-state index is 0.254. The third-order valence-electron chi connectivity index (χ3n) is 4.60. The lowest BCUT2D eigenvalue weighted by Crippen LogP contribution is -2.45. The molecule has 0 atom stereocenters. The molecule has 1 fully saturated rings. The molecule has 0 bridgehead atoms. The molecule has 1 aromatic carbocycles. The summed E-state index contributed by atoms with van der Waals surface area (Å²) in [4.78, 5) is 6.98. The van der Waals surface area contributed by atoms with E-state index in [0.29, 0.717) is 17.5 Å². The lowest BCUT2D eigenvalue weighted by atomic mass is 9.87. The van der Waals surface area contributed by atoms with Gasteiger partial charge in [-0.2, -0.15) is 0 Å². The molecule has 114 valence electrons. The standard InChI is InChI=1S/C17H25N3O/c1-11-19-15-14(18)6-5-13(16(15)21-11)12-7-9-20(10-8-12)17(2,3)4/h5-6,12H,7-10,18H2,1-4H3. The molecule has 4 nitrogen and oxygen atoms in total. The predicted octanol–water partition coefficient (Wildman–Crippen LogP) is 3.70. The molecule has 2 N–H and O–H groups in total. The highest BCUT2D eigenvalue weighted by Gasteiger charge is 2.29. The van der Waals surface area contributed by atoms with Gasteiger partial charge in [0, 0.05) is 18.0 Å². The summed E-state index contributed by atoms with van der Waals surface area (Å²) in [6.45, 7) is 11.0. The zero-order valence-corrected chi connectivity index (χ0v) is 13.4. The minimum atomic E-state index is 0.254. The van der Waals surface area contributed by atoms with Gasteiger partial charge < -0.3 is 10.2 Å². The summed E-state index contributed by atoms with van der Waals surface area (Å²) in [5.41, 5.74) is 9.96. The van der Waals surface area contributed by atoms with E-state index in [4.69, 9.17) is 10.2 Å². The van der Waals surface area contributed by atoms with Gasteiger partial charge in [-0.1, -0.05) is 6.07 Å². The van der Waals surface area contributed by atoms with Crippen LogP contribution < -0.4 is 5.73 Å². The fraction of sp³-hybridized carbons (Fsp3) is 0.588. The lowest BCUT2D eigenvalue weighted by molar-refractivity contribution is 0.102. The molecule has 0 amide bonds. The van der Waals surface area contributed by atoms with E-state index in [2.05, 4.69) is 36.7 Å². The van der Waals surface area contributed by atoms with Crippen molar-refractivity contribution in [1.29, 1.82) is 0 Å². The third kappa shape index (κ3) is 2.64. The summed E-state index contributed by atoms with van der Waals surface area (Å²) in [6.07, 6.45) is 2.33. The largest absolute Gasteiger partial charge is 0.441 e. The Morgan fingerprint density at radius 2 is 1.90 bits per heavy atom. The van der Waals surface area contributed by atoms with Crippen molar-refractivity contribution in [3.05, 3.63) is 23.6 Å². The number of benzene rings is 1. The van der Waals surface area contributed by atoms with Crippen LogP contribution in [0.25, 0.3) is 11.1 Å². The van der Waals surface area contributed by atoms with Crippen molar-refractivity contribution >= 4 is 16.8 Å². The molecule has 0 unspecified atom stereocenters. The Kier molecular flexibility index (Phi) is 3.44. The Bertz CT molecular complexity index is 646. The summed E-state index contributed by atoms with van der Waals surface area (Å²) >= 11 is 0. The number of hydrogen-bond donors (Lipinski definition) is 1. The van der Waals surface area contributed by atoms with Crippen molar-refractivity contribution < 1.29 is 4.42 Å². The maximum absolute atomic E-state index is 6.02. The zero-order chi connectivity index (χ0) is 15.2. The number of nitrogens with two attached hydrogens (primary N) is 1. The summed E-state index contributed by atoms with van der Waals surface area (Å²) in [6, 6.07) is 4.09. The van der Waals surface area contributed by atoms with Gasteiger partial charge in [-0.3, -0.25) is 4.90 Å². The third-order valence-corrected chi connectivity index (χ3v) is 4.60. The number of aromatic nitrogens is 1. The monoisotopic (exact) mass is 287 g/mol. The van der Waals surface area contributed by atoms with E-state index in [1.54, 1.807) is 0 Å². The van der Waals surface area contributed by atoms with E-state index in [-0.39, 0.29) is 5.54 Å². The van der Waals surface area contributed by atoms with Gasteiger partial charge in [0.15, 0.2) is 11.5 Å². The van der Waals surface area contributed by atoms with Gasteiger partial charge in [-0.15, -0.1) is 0 Å². The first-order chi connectivity index (χ1) is 9.86. The van der Waals surface area contributed by atoms with E-state index in [9.17, 15) is 0 Å². The molecule has 0 radical (unpaired) electrons. The Morgan fingerprint density at radius 1 is 1.24 bits per heavy atom. The first-order valence-corrected chi connectivity index (χ1v) is 7.77. The number of anilines is 1. The smallest absolute Gasteiger partial charge is 0.192 e. The predicted molar refractivity (Wildman–Crippen MR) is 86.5 cm³/mol. The van der Waals surface area contributed by atoms with E-state index < -0.39 is 0 Å². The number of nitrogen functional groups attached to an aromatic ring is 1. The number of aryl methyl sites for hydroxylation is 1. The molecule has 1 saturated heterocycles. The van der Waals surface area contributed by atoms with Crippen molar-refractivity contribution in [2.24, 2.45) is 0 Å². The van der Waals surface area contributed by atoms with E-state index in [1.807, 2.05) is 13.0 Å². The Balaban J connectivity index is 1.88. The number of piperidine rings is 1. The number of rotatable bonds is 1. The molecule has 0 aliphatic carbocycles. The van der Waals surface area contributed by atoms with Crippen molar-refractivity contribution in [3.8, 4) is 0 Å². The average molecular weight is 287 g/mol. The maximum atomic E-state index is 6.02. The van der Waals surface area contributed by atoms with Crippen molar-refractivity contribution in [2.75, 3.05) is 18.8 Å². The van der Waals surface area contributed by atoms with Crippen LogP contribution in [0, 0.1) is 6.92 Å². The van der Waals surface area contributed by atoms with Gasteiger partial charge in [0.2, 0.25) is 0 Å². The SMILES string of the molecule is Cc1nc2c(N)ccc(C3CCN(C(C)(C)C)CC3)c2o1. The van der Waals surface area contributed by atoms with E-state index >= 15 is 0 Å². The van der Waals surface area contributed by atoms with Crippen molar-refractivity contribution in [2.45, 2.75) is 52.0 Å². The zero-order valence-electron chi connectivity index (χ0n) is 13.4. The van der Waals surface area contributed by atoms with Crippen LogP contribution >= 0.6 is 0 Å². The molecular weight excluding hydrogens is 262 g/mol. The van der Waals surface area contributed by atoms with Crippen molar-refractivity contribution in [1.82, 2.24) is 9.88 Å². The van der Waals surface area contributed by atoms with Gasteiger partial charge in [0.05, 0.1) is 5.69 Å². The highest BCUT2D eigenvalue weighted by molar-refractivity contribution is 5.88. The van der Waals surface area contributed by atoms with Crippen LogP contribution in [0.15, 0.2) is 16.5 Å². The van der Waals surface area contributed by atoms with Crippen LogP contribution in [-0.4, -0.2) is 28.5 Å². The molecular formula is C17H25N3O. The summed E-state index contributed by atoms with van der Waals surface area (Å²) in [7, 11) is 0. The Hall–Kier alpha value is -1.55. The van der Waals surface area contributed by atoms with Gasteiger partial charge >= 0.3 is 0 Å². The van der Waals surface area contributed by atoms with E-state index in [0.717, 1.165) is 37.0 Å². The number of likely N-dealkylation sites (tertiary alicyclic amines) is 1. The highest BCUT2D eigenvalue weighted by atomic mass is 16.3. The quantitative estimate of drug-likeness (QED) is 0.813. The molecule has 4 heteroatoms. The highest BCUT2D eigenvalue weighted by Crippen LogP contribution is 2.36. The molecule has 1 aromatic heterocycles. The maximum Gasteiger partial charge on any atom is 0.192 e. The number of hydrogen-bond acceptors (Lipinski definition) is 4. The van der Waals surface area contributed by atoms with Crippen LogP contribution in [0.1, 0.15) is 51.0 Å². The number of nitrogens with zero attached hydrogens (tertiary/aromatic N) is 2. The van der Waals surface area contributed by atoms with Crippen LogP contribution in [-0.2, 0) is 0 Å². The first kappa shape index (κ1) is 14.4. The second-order valence-corrected chi connectivity index (χ2v) is 7.09. The second kappa shape index (κ2) is 5.02. The second-order valence-electron chi connectivity index (χ2n) is 7.09. The number of oxazole rings is 1. The molecule has 2 heterocycles. The fourth-order valence-electron chi connectivity index (χ4n) is 3.34. The Morgan fingerprint density at radius 3 is 2.52 bits per heavy atom. The molecule has 0 saturated carbocycles. The summed E-state index contributed by atoms with van der Waals surface area (Å²) < 4.78 is 5.82. The minimum Gasteiger partial charge on any atom is -0.441 e. The van der Waals surface area contributed by atoms with Crippen LogP contribution in [0.2, 0.25) is 0 Å². The molecule has 1 aliphatic heterocycles. The van der Waals surface area contributed by atoms with Crippen molar-refractivity contribution in [3.63, 3.8) is 0 Å². The molecule has 3 rings (SSSR count).